The van der Waals surface area contributed by atoms with Crippen LogP contribution in [0.5, 0.6) is 11.5 Å². The van der Waals surface area contributed by atoms with Crippen LogP contribution < -0.4 is 14.4 Å². The normalized spacial score (nSPS) is 14.4. The summed E-state index contributed by atoms with van der Waals surface area (Å²) < 4.78 is 13.6. The number of hydrogen-bond acceptors (Lipinski definition) is 6. The highest BCUT2D eigenvalue weighted by molar-refractivity contribution is 5.94. The summed E-state index contributed by atoms with van der Waals surface area (Å²) in [5.41, 5.74) is 7.17. The third-order valence-electron chi connectivity index (χ3n) is 8.73. The van der Waals surface area contributed by atoms with Gasteiger partial charge in [-0.05, 0) is 63.1 Å². The average Bonchev–Trinajstić information content (AvgIpc) is 3.39. The first-order valence-electron chi connectivity index (χ1n) is 15.2. The molecule has 0 bridgehead atoms. The molecule has 1 amide bonds. The van der Waals surface area contributed by atoms with Crippen LogP contribution in [0, 0.1) is 20.8 Å². The Kier molecular flexibility index (Phi) is 11.4. The zero-order valence-electron chi connectivity index (χ0n) is 26.5. The Labute approximate surface area is 278 Å². The lowest BCUT2D eigenvalue weighted by atomic mass is 10.1. The molecule has 1 saturated heterocycles. The van der Waals surface area contributed by atoms with Crippen molar-refractivity contribution in [3.8, 4) is 28.6 Å². The van der Waals surface area contributed by atoms with Crippen molar-refractivity contribution in [2.45, 2.75) is 27.2 Å². The summed E-state index contributed by atoms with van der Waals surface area (Å²) in [7, 11) is 1.88. The second-order valence-corrected chi connectivity index (χ2v) is 11.5. The molecular weight excluding hydrogens is 609 g/mol. The predicted octanol–water partition coefficient (Wildman–Crippen LogP) is 6.36. The summed E-state index contributed by atoms with van der Waals surface area (Å²) in [4.78, 5) is 25.5. The third-order valence-corrected chi connectivity index (χ3v) is 8.73. The SMILES string of the molecule is Cc1cccc(N2CCN(CCCN(C)C(=O)c3nc(-c4ccccc4)n(-c4ccc5c(c4)OCCO5)c3C)CC2)c1C.Cl.Cl. The van der Waals surface area contributed by atoms with Crippen LogP contribution >= 0.6 is 24.8 Å². The lowest BCUT2D eigenvalue weighted by Gasteiger charge is -2.37. The van der Waals surface area contributed by atoms with E-state index >= 15 is 0 Å². The molecule has 0 N–H and O–H groups in total. The van der Waals surface area contributed by atoms with Gasteiger partial charge in [-0.3, -0.25) is 14.3 Å². The first-order chi connectivity index (χ1) is 20.9. The molecular formula is C35H43Cl2N5O3. The highest BCUT2D eigenvalue weighted by Gasteiger charge is 2.25. The maximum absolute atomic E-state index is 13.8. The topological polar surface area (TPSA) is 63.1 Å². The summed E-state index contributed by atoms with van der Waals surface area (Å²) in [6.07, 6.45) is 0.916. The van der Waals surface area contributed by atoms with E-state index in [1.807, 2.05) is 72.0 Å². The van der Waals surface area contributed by atoms with Gasteiger partial charge >= 0.3 is 0 Å². The van der Waals surface area contributed by atoms with E-state index in [4.69, 9.17) is 14.5 Å². The van der Waals surface area contributed by atoms with Gasteiger partial charge in [0, 0.05) is 57.1 Å². The molecule has 0 saturated carbocycles. The molecule has 10 heteroatoms. The Morgan fingerprint density at radius 3 is 2.31 bits per heavy atom. The highest BCUT2D eigenvalue weighted by atomic mass is 35.5. The number of aryl methyl sites for hydroxylation is 1. The van der Waals surface area contributed by atoms with E-state index in [1.54, 1.807) is 0 Å². The van der Waals surface area contributed by atoms with E-state index in [0.717, 1.165) is 67.7 Å². The Bertz CT molecular complexity index is 1600. The molecule has 6 rings (SSSR count). The number of aromatic nitrogens is 2. The summed E-state index contributed by atoms with van der Waals surface area (Å²) in [5.74, 6) is 2.10. The van der Waals surface area contributed by atoms with Gasteiger partial charge in [-0.1, -0.05) is 42.5 Å². The number of nitrogens with zero attached hydrogens (tertiary/aromatic N) is 5. The van der Waals surface area contributed by atoms with E-state index in [-0.39, 0.29) is 30.7 Å². The third kappa shape index (κ3) is 7.24. The average molecular weight is 653 g/mol. The number of fused-ring (bicyclic) bond motifs is 1. The number of rotatable bonds is 8. The summed E-state index contributed by atoms with van der Waals surface area (Å²) in [5, 5.41) is 0. The molecule has 0 radical (unpaired) electrons. The number of carbonyl (C=O) groups excluding carboxylic acids is 1. The van der Waals surface area contributed by atoms with Gasteiger partial charge in [0.2, 0.25) is 0 Å². The first kappa shape index (κ1) is 34.2. The van der Waals surface area contributed by atoms with Crippen LogP contribution in [0.3, 0.4) is 0 Å². The molecule has 3 aromatic carbocycles. The van der Waals surface area contributed by atoms with E-state index in [2.05, 4.69) is 41.8 Å². The van der Waals surface area contributed by atoms with Crippen molar-refractivity contribution in [3.63, 3.8) is 0 Å². The fraction of sp³-hybridized carbons (Fsp3) is 0.371. The quantitative estimate of drug-likeness (QED) is 0.221. The van der Waals surface area contributed by atoms with Crippen molar-refractivity contribution < 1.29 is 14.3 Å². The van der Waals surface area contributed by atoms with Crippen LogP contribution in [0.25, 0.3) is 17.1 Å². The maximum atomic E-state index is 13.8. The minimum absolute atomic E-state index is 0. The molecule has 2 aliphatic heterocycles. The molecule has 0 unspecified atom stereocenters. The standard InChI is InChI=1S/C35H41N5O3.2ClH/c1-25-10-8-13-30(26(25)2)39-20-18-38(19-21-39)17-9-16-37(4)35(41)33-27(3)40(34(36-33)28-11-6-5-7-12-28)29-14-15-31-32(24-29)43-23-22-42-31;;/h5-8,10-15,24H,9,16-23H2,1-4H3;2*1H. The highest BCUT2D eigenvalue weighted by Crippen LogP contribution is 2.35. The van der Waals surface area contributed by atoms with Crippen LogP contribution in [-0.4, -0.2) is 84.8 Å². The lowest BCUT2D eigenvalue weighted by molar-refractivity contribution is 0.0782. The predicted molar refractivity (Wildman–Crippen MR) is 185 cm³/mol. The minimum Gasteiger partial charge on any atom is -0.486 e. The number of carbonyl (C=O) groups is 1. The van der Waals surface area contributed by atoms with Gasteiger partial charge in [0.05, 0.1) is 11.4 Å². The van der Waals surface area contributed by atoms with Crippen molar-refractivity contribution in [1.29, 1.82) is 0 Å². The number of ether oxygens (including phenoxy) is 2. The van der Waals surface area contributed by atoms with Crippen molar-refractivity contribution in [2.24, 2.45) is 0 Å². The Morgan fingerprint density at radius 1 is 0.867 bits per heavy atom. The van der Waals surface area contributed by atoms with Gasteiger partial charge in [0.1, 0.15) is 24.7 Å². The van der Waals surface area contributed by atoms with E-state index in [9.17, 15) is 4.79 Å². The molecule has 3 heterocycles. The summed E-state index contributed by atoms with van der Waals surface area (Å²) in [6.45, 7) is 13.2. The molecule has 45 heavy (non-hydrogen) atoms. The second kappa shape index (κ2) is 15.0. The van der Waals surface area contributed by atoms with Crippen LogP contribution in [0.2, 0.25) is 0 Å². The van der Waals surface area contributed by atoms with Crippen molar-refractivity contribution >= 4 is 36.4 Å². The van der Waals surface area contributed by atoms with E-state index < -0.39 is 0 Å². The van der Waals surface area contributed by atoms with Gasteiger partial charge in [0.15, 0.2) is 11.5 Å². The zero-order chi connectivity index (χ0) is 29.9. The monoisotopic (exact) mass is 651 g/mol. The number of amides is 1. The van der Waals surface area contributed by atoms with Gasteiger partial charge in [0.25, 0.3) is 5.91 Å². The number of anilines is 1. The lowest BCUT2D eigenvalue weighted by Crippen LogP contribution is -2.47. The second-order valence-electron chi connectivity index (χ2n) is 11.5. The number of piperazine rings is 1. The van der Waals surface area contributed by atoms with Gasteiger partial charge < -0.3 is 19.3 Å². The molecule has 0 atom stereocenters. The molecule has 4 aromatic rings. The Hall–Kier alpha value is -3.72. The van der Waals surface area contributed by atoms with E-state index in [0.29, 0.717) is 31.2 Å². The van der Waals surface area contributed by atoms with Crippen LogP contribution in [0.4, 0.5) is 5.69 Å². The molecule has 240 valence electrons. The fourth-order valence-corrected chi connectivity index (χ4v) is 6.08. The molecule has 8 nitrogen and oxygen atoms in total. The molecule has 0 spiro atoms. The Morgan fingerprint density at radius 2 is 1.58 bits per heavy atom. The minimum atomic E-state index is -0.0642. The molecule has 2 aliphatic rings. The van der Waals surface area contributed by atoms with Gasteiger partial charge in [-0.2, -0.15) is 0 Å². The largest absolute Gasteiger partial charge is 0.486 e. The maximum Gasteiger partial charge on any atom is 0.274 e. The molecule has 0 aliphatic carbocycles. The van der Waals surface area contributed by atoms with Crippen LogP contribution in [-0.2, 0) is 0 Å². The first-order valence-corrected chi connectivity index (χ1v) is 15.2. The van der Waals surface area contributed by atoms with Gasteiger partial charge in [-0.15, -0.1) is 24.8 Å². The van der Waals surface area contributed by atoms with Crippen LogP contribution in [0.15, 0.2) is 66.7 Å². The van der Waals surface area contributed by atoms with Gasteiger partial charge in [-0.25, -0.2) is 4.98 Å². The van der Waals surface area contributed by atoms with E-state index in [1.165, 1.54) is 16.8 Å². The Balaban J connectivity index is 0.00000230. The van der Waals surface area contributed by atoms with Crippen LogP contribution in [0.1, 0.15) is 33.7 Å². The molecule has 1 fully saturated rings. The fourth-order valence-electron chi connectivity index (χ4n) is 6.08. The number of benzene rings is 3. The summed E-state index contributed by atoms with van der Waals surface area (Å²) in [6, 6.07) is 22.5. The number of halogens is 2. The summed E-state index contributed by atoms with van der Waals surface area (Å²) >= 11 is 0. The van der Waals surface area contributed by atoms with Crippen molar-refractivity contribution in [2.75, 3.05) is 64.4 Å². The molecule has 1 aromatic heterocycles. The number of imidazole rings is 1. The van der Waals surface area contributed by atoms with Crippen molar-refractivity contribution in [1.82, 2.24) is 19.4 Å². The van der Waals surface area contributed by atoms with Crippen molar-refractivity contribution in [3.05, 3.63) is 89.2 Å². The smallest absolute Gasteiger partial charge is 0.274 e. The number of hydrogen-bond donors (Lipinski definition) is 0. The zero-order valence-corrected chi connectivity index (χ0v) is 28.1.